The van der Waals surface area contributed by atoms with E-state index in [-0.39, 0.29) is 17.3 Å². The van der Waals surface area contributed by atoms with Crippen molar-refractivity contribution in [2.75, 3.05) is 12.4 Å². The second-order valence-corrected chi connectivity index (χ2v) is 6.50. The first-order chi connectivity index (χ1) is 11.6. The number of carbonyl (C=O) groups excluding carboxylic acids is 1. The maximum absolute atomic E-state index is 12.6. The van der Waals surface area contributed by atoms with E-state index in [2.05, 4.69) is 10.3 Å². The molecule has 126 valence electrons. The third-order valence-corrected chi connectivity index (χ3v) is 5.03. The number of aromatic nitrogens is 1. The van der Waals surface area contributed by atoms with E-state index in [0.717, 1.165) is 31.4 Å². The monoisotopic (exact) mass is 347 g/mol. The van der Waals surface area contributed by atoms with Gasteiger partial charge in [-0.2, -0.15) is 0 Å². The second kappa shape index (κ2) is 6.96. The van der Waals surface area contributed by atoms with Crippen molar-refractivity contribution < 1.29 is 14.5 Å². The topological polar surface area (TPSA) is 94.4 Å². The first kappa shape index (κ1) is 16.4. The van der Waals surface area contributed by atoms with Crippen LogP contribution in [0.25, 0.3) is 0 Å². The predicted octanol–water partition coefficient (Wildman–Crippen LogP) is 3.97. The molecular formula is C16H17N3O4S. The molecule has 0 bridgehead atoms. The van der Waals surface area contributed by atoms with Gasteiger partial charge in [0.05, 0.1) is 29.3 Å². The number of nitro benzene ring substituents is 1. The van der Waals surface area contributed by atoms with Gasteiger partial charge in [-0.3, -0.25) is 14.9 Å². The Labute approximate surface area is 142 Å². The normalized spacial score (nSPS) is 14.5. The van der Waals surface area contributed by atoms with Crippen molar-refractivity contribution >= 4 is 28.6 Å². The fraction of sp³-hybridized carbons (Fsp3) is 0.375. The van der Waals surface area contributed by atoms with Crippen LogP contribution in [0.1, 0.15) is 47.0 Å². The summed E-state index contributed by atoms with van der Waals surface area (Å²) in [6.07, 6.45) is 4.36. The van der Waals surface area contributed by atoms with E-state index in [1.165, 1.54) is 30.6 Å². The Morgan fingerprint density at radius 3 is 2.83 bits per heavy atom. The number of ether oxygens (including phenoxy) is 1. The Bertz CT molecular complexity index is 768. The highest BCUT2D eigenvalue weighted by Gasteiger charge is 2.26. The molecule has 2 aromatic rings. The summed E-state index contributed by atoms with van der Waals surface area (Å²) in [5, 5.41) is 13.9. The molecule has 1 N–H and O–H groups in total. The number of rotatable bonds is 5. The Balaban J connectivity index is 1.85. The first-order valence-corrected chi connectivity index (χ1v) is 8.55. The molecule has 3 rings (SSSR count). The summed E-state index contributed by atoms with van der Waals surface area (Å²) < 4.78 is 5.00. The third kappa shape index (κ3) is 3.23. The predicted molar refractivity (Wildman–Crippen MR) is 90.9 cm³/mol. The minimum absolute atomic E-state index is 0.150. The van der Waals surface area contributed by atoms with E-state index in [1.54, 1.807) is 11.6 Å². The van der Waals surface area contributed by atoms with Gasteiger partial charge in [0.1, 0.15) is 16.3 Å². The smallest absolute Gasteiger partial charge is 0.296 e. The number of carbonyl (C=O) groups is 1. The number of methoxy groups -OCH3 is 1. The summed E-state index contributed by atoms with van der Waals surface area (Å²) in [6, 6.07) is 4.35. The van der Waals surface area contributed by atoms with Crippen LogP contribution in [0.3, 0.4) is 0 Å². The summed E-state index contributed by atoms with van der Waals surface area (Å²) >= 11 is 1.27. The van der Waals surface area contributed by atoms with Gasteiger partial charge in [0.2, 0.25) is 0 Å². The quantitative estimate of drug-likeness (QED) is 0.652. The molecule has 0 spiro atoms. The number of benzene rings is 1. The number of thiazole rings is 1. The van der Waals surface area contributed by atoms with Crippen LogP contribution in [0.4, 0.5) is 11.4 Å². The minimum Gasteiger partial charge on any atom is -0.496 e. The van der Waals surface area contributed by atoms with Gasteiger partial charge in [-0.05, 0) is 25.0 Å². The Morgan fingerprint density at radius 1 is 1.42 bits per heavy atom. The molecule has 0 atom stereocenters. The second-order valence-electron chi connectivity index (χ2n) is 5.64. The standard InChI is InChI=1S/C16H17N3O4S/c1-23-11-6-7-12(13(8-11)19(21)22)18-16(20)15-14(17-9-24-15)10-4-2-3-5-10/h6-10H,2-5H2,1H3,(H,18,20). The molecule has 1 fully saturated rings. The van der Waals surface area contributed by atoms with Crippen molar-refractivity contribution in [3.8, 4) is 5.75 Å². The van der Waals surface area contributed by atoms with E-state index in [9.17, 15) is 14.9 Å². The van der Waals surface area contributed by atoms with Gasteiger partial charge in [0, 0.05) is 5.92 Å². The molecule has 1 aromatic heterocycles. The van der Waals surface area contributed by atoms with Crippen molar-refractivity contribution in [1.82, 2.24) is 4.98 Å². The number of nitrogens with one attached hydrogen (secondary N) is 1. The van der Waals surface area contributed by atoms with Crippen LogP contribution in [-0.2, 0) is 0 Å². The lowest BCUT2D eigenvalue weighted by atomic mass is 10.0. The summed E-state index contributed by atoms with van der Waals surface area (Å²) in [4.78, 5) is 28.2. The zero-order chi connectivity index (χ0) is 17.1. The maximum Gasteiger partial charge on any atom is 0.296 e. The highest BCUT2D eigenvalue weighted by molar-refractivity contribution is 7.12. The molecule has 1 amide bonds. The SMILES string of the molecule is COc1ccc(NC(=O)c2scnc2C2CCCC2)c([N+](=O)[O-])c1. The summed E-state index contributed by atoms with van der Waals surface area (Å²) in [6.45, 7) is 0. The number of nitrogens with zero attached hydrogens (tertiary/aromatic N) is 2. The molecule has 8 heteroatoms. The van der Waals surface area contributed by atoms with Crippen LogP contribution in [-0.4, -0.2) is 22.9 Å². The average molecular weight is 347 g/mol. The van der Waals surface area contributed by atoms with Crippen LogP contribution < -0.4 is 10.1 Å². The molecule has 1 aliphatic rings. The van der Waals surface area contributed by atoms with E-state index < -0.39 is 4.92 Å². The fourth-order valence-corrected chi connectivity index (χ4v) is 3.76. The Morgan fingerprint density at radius 2 is 2.17 bits per heavy atom. The third-order valence-electron chi connectivity index (χ3n) is 4.19. The number of anilines is 1. The zero-order valence-electron chi connectivity index (χ0n) is 13.2. The number of amides is 1. The van der Waals surface area contributed by atoms with Gasteiger partial charge in [-0.25, -0.2) is 4.98 Å². The maximum atomic E-state index is 12.6. The Hall–Kier alpha value is -2.48. The molecule has 0 radical (unpaired) electrons. The average Bonchev–Trinajstić information content (AvgIpc) is 3.25. The van der Waals surface area contributed by atoms with Gasteiger partial charge < -0.3 is 10.1 Å². The Kier molecular flexibility index (Phi) is 4.75. The molecule has 0 saturated heterocycles. The van der Waals surface area contributed by atoms with Crippen molar-refractivity contribution in [3.63, 3.8) is 0 Å². The van der Waals surface area contributed by atoms with E-state index in [1.807, 2.05) is 0 Å². The molecule has 1 aliphatic carbocycles. The van der Waals surface area contributed by atoms with Crippen LogP contribution >= 0.6 is 11.3 Å². The summed E-state index contributed by atoms with van der Waals surface area (Å²) in [5.74, 6) is 0.319. The van der Waals surface area contributed by atoms with Gasteiger partial charge in [-0.15, -0.1) is 11.3 Å². The fourth-order valence-electron chi connectivity index (χ4n) is 2.99. The van der Waals surface area contributed by atoms with E-state index in [0.29, 0.717) is 16.5 Å². The van der Waals surface area contributed by atoms with Crippen LogP contribution in [0, 0.1) is 10.1 Å². The molecule has 7 nitrogen and oxygen atoms in total. The van der Waals surface area contributed by atoms with Gasteiger partial charge in [0.15, 0.2) is 0 Å². The lowest BCUT2D eigenvalue weighted by Gasteiger charge is -2.10. The highest BCUT2D eigenvalue weighted by Crippen LogP contribution is 2.37. The van der Waals surface area contributed by atoms with Crippen molar-refractivity contribution in [2.24, 2.45) is 0 Å². The van der Waals surface area contributed by atoms with E-state index >= 15 is 0 Å². The largest absolute Gasteiger partial charge is 0.496 e. The van der Waals surface area contributed by atoms with Gasteiger partial charge >= 0.3 is 0 Å². The molecule has 24 heavy (non-hydrogen) atoms. The van der Waals surface area contributed by atoms with Gasteiger partial charge in [-0.1, -0.05) is 12.8 Å². The number of nitro groups is 1. The lowest BCUT2D eigenvalue weighted by molar-refractivity contribution is -0.384. The molecule has 0 aliphatic heterocycles. The van der Waals surface area contributed by atoms with Crippen LogP contribution in [0.5, 0.6) is 5.75 Å². The van der Waals surface area contributed by atoms with Crippen LogP contribution in [0.2, 0.25) is 0 Å². The molecular weight excluding hydrogens is 330 g/mol. The number of hydrogen-bond donors (Lipinski definition) is 1. The summed E-state index contributed by atoms with van der Waals surface area (Å²) in [7, 11) is 1.43. The molecule has 1 heterocycles. The zero-order valence-corrected chi connectivity index (χ0v) is 14.0. The van der Waals surface area contributed by atoms with Gasteiger partial charge in [0.25, 0.3) is 11.6 Å². The number of hydrogen-bond acceptors (Lipinski definition) is 6. The minimum atomic E-state index is -0.539. The van der Waals surface area contributed by atoms with Crippen LogP contribution in [0.15, 0.2) is 23.7 Å². The lowest BCUT2D eigenvalue weighted by Crippen LogP contribution is -2.14. The molecule has 1 aromatic carbocycles. The highest BCUT2D eigenvalue weighted by atomic mass is 32.1. The molecule has 0 unspecified atom stereocenters. The van der Waals surface area contributed by atoms with Crippen molar-refractivity contribution in [1.29, 1.82) is 0 Å². The first-order valence-electron chi connectivity index (χ1n) is 7.67. The van der Waals surface area contributed by atoms with Crippen molar-refractivity contribution in [3.05, 3.63) is 44.4 Å². The molecule has 1 saturated carbocycles. The van der Waals surface area contributed by atoms with E-state index in [4.69, 9.17) is 4.74 Å². The van der Waals surface area contributed by atoms with Crippen molar-refractivity contribution in [2.45, 2.75) is 31.6 Å². The summed E-state index contributed by atoms with van der Waals surface area (Å²) in [5.41, 5.74) is 2.42.